The zero-order valence-corrected chi connectivity index (χ0v) is 13.1. The highest BCUT2D eigenvalue weighted by atomic mass is 16.4. The van der Waals surface area contributed by atoms with Gasteiger partial charge in [0.15, 0.2) is 0 Å². The number of hydrogen-bond acceptors (Lipinski definition) is 2. The molecule has 0 saturated carbocycles. The molecule has 3 N–H and O–H groups in total. The van der Waals surface area contributed by atoms with E-state index >= 15 is 0 Å². The smallest absolute Gasteiger partial charge is 0.312 e. The van der Waals surface area contributed by atoms with Crippen molar-refractivity contribution in [2.75, 3.05) is 6.54 Å². The minimum atomic E-state index is -0.747. The van der Waals surface area contributed by atoms with E-state index in [2.05, 4.69) is 17.2 Å². The van der Waals surface area contributed by atoms with Gasteiger partial charge in [-0.05, 0) is 18.1 Å². The second kappa shape index (κ2) is 6.53. The van der Waals surface area contributed by atoms with Gasteiger partial charge in [0, 0.05) is 29.2 Å². The lowest BCUT2D eigenvalue weighted by Gasteiger charge is -2.28. The molecule has 0 amide bonds. The first-order chi connectivity index (χ1) is 10.7. The van der Waals surface area contributed by atoms with Crippen molar-refractivity contribution in [1.29, 1.82) is 0 Å². The van der Waals surface area contributed by atoms with Crippen LogP contribution in [0.4, 0.5) is 0 Å². The third kappa shape index (κ3) is 2.75. The SMILES string of the molecule is CCCCCCC1NCC(C(=O)O)c2c1[nH]c1ccccc21. The molecule has 0 spiro atoms. The van der Waals surface area contributed by atoms with Crippen LogP contribution in [0.1, 0.15) is 62.2 Å². The Morgan fingerprint density at radius 1 is 1.27 bits per heavy atom. The molecule has 1 aromatic carbocycles. The molecule has 2 unspecified atom stereocenters. The number of benzene rings is 1. The molecule has 0 bridgehead atoms. The monoisotopic (exact) mass is 300 g/mol. The van der Waals surface area contributed by atoms with Gasteiger partial charge in [-0.2, -0.15) is 0 Å². The normalized spacial score (nSPS) is 21.0. The molecule has 1 aliphatic heterocycles. The molecular formula is C18H24N2O2. The molecule has 2 atom stereocenters. The fraction of sp³-hybridized carbons (Fsp3) is 0.500. The van der Waals surface area contributed by atoms with Gasteiger partial charge in [0.25, 0.3) is 0 Å². The van der Waals surface area contributed by atoms with Gasteiger partial charge < -0.3 is 15.4 Å². The van der Waals surface area contributed by atoms with Crippen molar-refractivity contribution in [1.82, 2.24) is 10.3 Å². The summed E-state index contributed by atoms with van der Waals surface area (Å²) in [5, 5.41) is 14.0. The van der Waals surface area contributed by atoms with E-state index in [0.717, 1.165) is 28.6 Å². The average molecular weight is 300 g/mol. The number of rotatable bonds is 6. The number of H-pyrrole nitrogens is 1. The van der Waals surface area contributed by atoms with Crippen LogP contribution in [0.25, 0.3) is 10.9 Å². The maximum atomic E-state index is 11.6. The van der Waals surface area contributed by atoms with Crippen molar-refractivity contribution in [3.63, 3.8) is 0 Å². The van der Waals surface area contributed by atoms with E-state index in [4.69, 9.17) is 0 Å². The van der Waals surface area contributed by atoms with Crippen molar-refractivity contribution in [3.05, 3.63) is 35.5 Å². The van der Waals surface area contributed by atoms with E-state index in [0.29, 0.717) is 6.54 Å². The molecule has 1 aliphatic rings. The Hall–Kier alpha value is -1.81. The molecule has 22 heavy (non-hydrogen) atoms. The Labute approximate surface area is 130 Å². The van der Waals surface area contributed by atoms with Crippen molar-refractivity contribution < 1.29 is 9.90 Å². The topological polar surface area (TPSA) is 65.1 Å². The number of hydrogen-bond donors (Lipinski definition) is 3. The van der Waals surface area contributed by atoms with Gasteiger partial charge in [0.05, 0.1) is 5.92 Å². The third-order valence-electron chi connectivity index (χ3n) is 4.69. The van der Waals surface area contributed by atoms with E-state index in [9.17, 15) is 9.90 Å². The zero-order valence-electron chi connectivity index (χ0n) is 13.1. The summed E-state index contributed by atoms with van der Waals surface area (Å²) < 4.78 is 0. The Morgan fingerprint density at radius 3 is 2.86 bits per heavy atom. The minimum Gasteiger partial charge on any atom is -0.481 e. The first kappa shape index (κ1) is 15.1. The van der Waals surface area contributed by atoms with Crippen LogP contribution in [0.2, 0.25) is 0 Å². The van der Waals surface area contributed by atoms with Crippen LogP contribution in [-0.4, -0.2) is 22.6 Å². The fourth-order valence-corrected chi connectivity index (χ4v) is 3.53. The summed E-state index contributed by atoms with van der Waals surface area (Å²) in [6.45, 7) is 2.73. The van der Waals surface area contributed by atoms with E-state index in [1.165, 1.54) is 25.7 Å². The van der Waals surface area contributed by atoms with Crippen LogP contribution in [0.3, 0.4) is 0 Å². The summed E-state index contributed by atoms with van der Waals surface area (Å²) in [6.07, 6.45) is 5.98. The van der Waals surface area contributed by atoms with Crippen LogP contribution in [0, 0.1) is 0 Å². The second-order valence-corrected chi connectivity index (χ2v) is 6.20. The number of nitrogens with one attached hydrogen (secondary N) is 2. The van der Waals surface area contributed by atoms with Crippen LogP contribution in [0.15, 0.2) is 24.3 Å². The van der Waals surface area contributed by atoms with Crippen molar-refractivity contribution in [3.8, 4) is 0 Å². The van der Waals surface area contributed by atoms with Gasteiger partial charge in [-0.3, -0.25) is 4.79 Å². The second-order valence-electron chi connectivity index (χ2n) is 6.20. The molecule has 4 nitrogen and oxygen atoms in total. The number of unbranched alkanes of at least 4 members (excludes halogenated alkanes) is 3. The highest BCUT2D eigenvalue weighted by Gasteiger charge is 2.34. The van der Waals surface area contributed by atoms with Crippen LogP contribution >= 0.6 is 0 Å². The number of aromatic nitrogens is 1. The lowest BCUT2D eigenvalue weighted by Crippen LogP contribution is -2.36. The number of fused-ring (bicyclic) bond motifs is 3. The minimum absolute atomic E-state index is 0.245. The molecule has 0 radical (unpaired) electrons. The van der Waals surface area contributed by atoms with Gasteiger partial charge in [0.2, 0.25) is 0 Å². The Morgan fingerprint density at radius 2 is 2.09 bits per heavy atom. The van der Waals surface area contributed by atoms with Gasteiger partial charge in [-0.15, -0.1) is 0 Å². The maximum Gasteiger partial charge on any atom is 0.312 e. The third-order valence-corrected chi connectivity index (χ3v) is 4.69. The number of aliphatic carboxylic acids is 1. The maximum absolute atomic E-state index is 11.6. The summed E-state index contributed by atoms with van der Waals surface area (Å²) in [6, 6.07) is 8.27. The van der Waals surface area contributed by atoms with Gasteiger partial charge in [-0.1, -0.05) is 50.8 Å². The van der Waals surface area contributed by atoms with E-state index in [1.54, 1.807) is 0 Å². The Kier molecular flexibility index (Phi) is 4.48. The van der Waals surface area contributed by atoms with E-state index < -0.39 is 11.9 Å². The van der Waals surface area contributed by atoms with Crippen molar-refractivity contribution in [2.24, 2.45) is 0 Å². The Balaban J connectivity index is 1.92. The van der Waals surface area contributed by atoms with Gasteiger partial charge in [-0.25, -0.2) is 0 Å². The number of carbonyl (C=O) groups is 1. The summed E-state index contributed by atoms with van der Waals surface area (Å²) >= 11 is 0. The number of carboxylic acid groups (broad SMARTS) is 1. The summed E-state index contributed by atoms with van der Waals surface area (Å²) in [5.41, 5.74) is 3.11. The van der Waals surface area contributed by atoms with Crippen molar-refractivity contribution >= 4 is 16.9 Å². The summed E-state index contributed by atoms with van der Waals surface area (Å²) in [5.74, 6) is -1.21. The number of carboxylic acids is 1. The molecule has 0 aliphatic carbocycles. The quantitative estimate of drug-likeness (QED) is 0.708. The standard InChI is InChI=1S/C18H24N2O2/c1-2-3-4-5-10-15-17-16(13(11-19-15)18(21)22)12-8-6-7-9-14(12)20-17/h6-9,13,15,19-20H,2-5,10-11H2,1H3,(H,21,22). The molecule has 4 heteroatoms. The molecule has 118 valence electrons. The molecule has 0 saturated heterocycles. The van der Waals surface area contributed by atoms with E-state index in [-0.39, 0.29) is 6.04 Å². The first-order valence-electron chi connectivity index (χ1n) is 8.29. The number of para-hydroxylation sites is 1. The van der Waals surface area contributed by atoms with Crippen LogP contribution in [-0.2, 0) is 4.79 Å². The van der Waals surface area contributed by atoms with Crippen LogP contribution < -0.4 is 5.32 Å². The lowest BCUT2D eigenvalue weighted by molar-refractivity contribution is -0.138. The zero-order chi connectivity index (χ0) is 15.5. The molecule has 2 aromatic rings. The Bertz CT molecular complexity index is 662. The molecule has 1 aromatic heterocycles. The molecule has 2 heterocycles. The van der Waals surface area contributed by atoms with Crippen molar-refractivity contribution in [2.45, 2.75) is 51.0 Å². The molecule has 3 rings (SSSR count). The first-order valence-corrected chi connectivity index (χ1v) is 8.29. The predicted molar refractivity (Wildman–Crippen MR) is 88.2 cm³/mol. The van der Waals surface area contributed by atoms with E-state index in [1.807, 2.05) is 24.3 Å². The van der Waals surface area contributed by atoms with Gasteiger partial charge in [0.1, 0.15) is 0 Å². The highest BCUT2D eigenvalue weighted by molar-refractivity contribution is 5.91. The largest absolute Gasteiger partial charge is 0.481 e. The van der Waals surface area contributed by atoms with Crippen LogP contribution in [0.5, 0.6) is 0 Å². The molecular weight excluding hydrogens is 276 g/mol. The van der Waals surface area contributed by atoms with Gasteiger partial charge >= 0.3 is 5.97 Å². The summed E-state index contributed by atoms with van der Waals surface area (Å²) in [7, 11) is 0. The average Bonchev–Trinajstić information content (AvgIpc) is 2.91. The molecule has 0 fully saturated rings. The number of aromatic amines is 1. The highest BCUT2D eigenvalue weighted by Crippen LogP contribution is 2.37. The predicted octanol–water partition coefficient (Wildman–Crippen LogP) is 3.95. The summed E-state index contributed by atoms with van der Waals surface area (Å²) in [4.78, 5) is 15.1. The fourth-order valence-electron chi connectivity index (χ4n) is 3.53. The lowest BCUT2D eigenvalue weighted by atomic mass is 9.88.